The maximum Gasteiger partial charge on any atom is 0.0698 e. The van der Waals surface area contributed by atoms with Crippen LogP contribution in [0.25, 0.3) is 0 Å². The van der Waals surface area contributed by atoms with Gasteiger partial charge in [0.05, 0.1) is 6.10 Å². The number of nitrogens with two attached hydrogens (primary N) is 1. The molecule has 1 saturated heterocycles. The number of piperidine rings is 1. The van der Waals surface area contributed by atoms with Crippen LogP contribution in [0.1, 0.15) is 48.8 Å². The predicted molar refractivity (Wildman–Crippen MR) is 81.8 cm³/mol. The molecule has 1 aliphatic heterocycles. The van der Waals surface area contributed by atoms with Crippen LogP contribution in [0.4, 0.5) is 0 Å². The van der Waals surface area contributed by atoms with Gasteiger partial charge in [0.15, 0.2) is 0 Å². The average molecular weight is 274 g/mol. The minimum Gasteiger partial charge on any atom is -0.380 e. The molecule has 1 aromatic rings. The molecule has 0 bridgehead atoms. The van der Waals surface area contributed by atoms with Gasteiger partial charge in [-0.25, -0.2) is 0 Å². The normalized spacial score (nSPS) is 25.6. The van der Waals surface area contributed by atoms with E-state index in [0.717, 1.165) is 19.0 Å². The van der Waals surface area contributed by atoms with Crippen molar-refractivity contribution in [3.63, 3.8) is 0 Å². The van der Waals surface area contributed by atoms with Gasteiger partial charge in [-0.2, -0.15) is 0 Å². The maximum absolute atomic E-state index is 6.05. The van der Waals surface area contributed by atoms with Crippen molar-refractivity contribution >= 4 is 0 Å². The zero-order valence-corrected chi connectivity index (χ0v) is 12.4. The summed E-state index contributed by atoms with van der Waals surface area (Å²) in [6, 6.07) is 9.49. The zero-order valence-electron chi connectivity index (χ0n) is 12.4. The van der Waals surface area contributed by atoms with Crippen LogP contribution in [0.15, 0.2) is 24.3 Å². The van der Waals surface area contributed by atoms with Crippen LogP contribution in [-0.4, -0.2) is 37.7 Å². The molecule has 2 unspecified atom stereocenters. The van der Waals surface area contributed by atoms with Gasteiger partial charge in [-0.15, -0.1) is 0 Å². The number of likely N-dealkylation sites (tertiary alicyclic amines) is 1. The van der Waals surface area contributed by atoms with Gasteiger partial charge in [0.1, 0.15) is 0 Å². The van der Waals surface area contributed by atoms with Gasteiger partial charge < -0.3 is 10.5 Å². The van der Waals surface area contributed by atoms with Crippen LogP contribution in [-0.2, 0) is 4.74 Å². The lowest BCUT2D eigenvalue weighted by Crippen LogP contribution is -2.43. The molecule has 2 aliphatic rings. The van der Waals surface area contributed by atoms with Crippen molar-refractivity contribution in [1.29, 1.82) is 0 Å². The summed E-state index contributed by atoms with van der Waals surface area (Å²) in [6.45, 7) is 2.81. The lowest BCUT2D eigenvalue weighted by Gasteiger charge is -2.37. The van der Waals surface area contributed by atoms with Gasteiger partial charge in [-0.1, -0.05) is 24.3 Å². The molecule has 0 aromatic heterocycles. The third-order valence-corrected chi connectivity index (χ3v) is 4.78. The Morgan fingerprint density at radius 1 is 1.25 bits per heavy atom. The second-order valence-corrected chi connectivity index (χ2v) is 6.19. The van der Waals surface area contributed by atoms with Crippen LogP contribution in [0.2, 0.25) is 0 Å². The Labute approximate surface area is 122 Å². The van der Waals surface area contributed by atoms with E-state index >= 15 is 0 Å². The van der Waals surface area contributed by atoms with E-state index in [2.05, 4.69) is 29.2 Å². The number of ether oxygens (including phenoxy) is 1. The summed E-state index contributed by atoms with van der Waals surface area (Å²) < 4.78 is 5.53. The molecule has 1 saturated carbocycles. The van der Waals surface area contributed by atoms with E-state index in [0.29, 0.717) is 18.7 Å². The number of hydrogen-bond acceptors (Lipinski definition) is 3. The highest BCUT2D eigenvalue weighted by Crippen LogP contribution is 2.40. The average Bonchev–Trinajstić information content (AvgIpc) is 3.34. The molecule has 20 heavy (non-hydrogen) atoms. The Bertz CT molecular complexity index is 427. The summed E-state index contributed by atoms with van der Waals surface area (Å²) in [7, 11) is 1.82. The summed E-state index contributed by atoms with van der Waals surface area (Å²) in [4.78, 5) is 2.49. The topological polar surface area (TPSA) is 38.5 Å². The fourth-order valence-electron chi connectivity index (χ4n) is 3.34. The van der Waals surface area contributed by atoms with E-state index < -0.39 is 0 Å². The number of benzene rings is 1. The second kappa shape index (κ2) is 6.25. The molecule has 3 nitrogen and oxygen atoms in total. The molecule has 2 atom stereocenters. The lowest BCUT2D eigenvalue weighted by molar-refractivity contribution is 0.0155. The Kier molecular flexibility index (Phi) is 4.39. The SMILES string of the molecule is COC1CCCN(C(CN)c2ccc(C3CC3)cc2)C1. The minimum atomic E-state index is 0.334. The van der Waals surface area contributed by atoms with E-state index in [-0.39, 0.29) is 0 Å². The molecule has 3 heteroatoms. The Balaban J connectivity index is 1.71. The smallest absolute Gasteiger partial charge is 0.0698 e. The van der Waals surface area contributed by atoms with Crippen molar-refractivity contribution in [3.05, 3.63) is 35.4 Å². The summed E-state index contributed by atoms with van der Waals surface area (Å²) in [5.74, 6) is 0.827. The highest BCUT2D eigenvalue weighted by molar-refractivity contribution is 5.30. The second-order valence-electron chi connectivity index (χ2n) is 6.19. The van der Waals surface area contributed by atoms with Gasteiger partial charge in [-0.3, -0.25) is 4.90 Å². The van der Waals surface area contributed by atoms with Crippen molar-refractivity contribution in [2.75, 3.05) is 26.7 Å². The van der Waals surface area contributed by atoms with Crippen LogP contribution < -0.4 is 5.73 Å². The molecule has 3 rings (SSSR count). The number of rotatable bonds is 5. The Hall–Kier alpha value is -0.900. The fraction of sp³-hybridized carbons (Fsp3) is 0.647. The quantitative estimate of drug-likeness (QED) is 0.897. The third-order valence-electron chi connectivity index (χ3n) is 4.78. The van der Waals surface area contributed by atoms with Gasteiger partial charge in [0.25, 0.3) is 0 Å². The van der Waals surface area contributed by atoms with E-state index in [9.17, 15) is 0 Å². The minimum absolute atomic E-state index is 0.334. The molecule has 1 aromatic carbocycles. The van der Waals surface area contributed by atoms with Crippen molar-refractivity contribution < 1.29 is 4.74 Å². The summed E-state index contributed by atoms with van der Waals surface area (Å²) in [5.41, 5.74) is 8.90. The van der Waals surface area contributed by atoms with Crippen LogP contribution in [0.3, 0.4) is 0 Å². The highest BCUT2D eigenvalue weighted by atomic mass is 16.5. The molecular weight excluding hydrogens is 248 g/mol. The first-order valence-corrected chi connectivity index (χ1v) is 7.88. The van der Waals surface area contributed by atoms with E-state index in [1.165, 1.54) is 36.8 Å². The molecule has 1 aliphatic carbocycles. The standard InChI is InChI=1S/C17H26N2O/c1-20-16-3-2-10-19(12-16)17(11-18)15-8-6-14(7-9-15)13-4-5-13/h6-9,13,16-17H,2-5,10-12,18H2,1H3. The van der Waals surface area contributed by atoms with Gasteiger partial charge in [-0.05, 0) is 49.3 Å². The molecule has 0 amide bonds. The Morgan fingerprint density at radius 3 is 2.60 bits per heavy atom. The Morgan fingerprint density at radius 2 is 2.00 bits per heavy atom. The van der Waals surface area contributed by atoms with Gasteiger partial charge in [0.2, 0.25) is 0 Å². The first kappa shape index (κ1) is 14.1. The molecule has 0 spiro atoms. The van der Waals surface area contributed by atoms with Crippen molar-refractivity contribution in [2.24, 2.45) is 5.73 Å². The first-order chi connectivity index (χ1) is 9.81. The molecule has 2 fully saturated rings. The summed E-state index contributed by atoms with van der Waals surface area (Å²) in [6.07, 6.45) is 5.46. The molecule has 110 valence electrons. The number of nitrogens with zero attached hydrogens (tertiary/aromatic N) is 1. The molecule has 1 heterocycles. The van der Waals surface area contributed by atoms with Crippen LogP contribution >= 0.6 is 0 Å². The predicted octanol–water partition coefficient (Wildman–Crippen LogP) is 2.67. The summed E-state index contributed by atoms with van der Waals surface area (Å²) in [5, 5.41) is 0. The van der Waals surface area contributed by atoms with E-state index in [1.54, 1.807) is 0 Å². The van der Waals surface area contributed by atoms with E-state index in [4.69, 9.17) is 10.5 Å². The number of hydrogen-bond donors (Lipinski definition) is 1. The molecule has 0 radical (unpaired) electrons. The monoisotopic (exact) mass is 274 g/mol. The van der Waals surface area contributed by atoms with Crippen molar-refractivity contribution in [3.8, 4) is 0 Å². The van der Waals surface area contributed by atoms with Crippen molar-refractivity contribution in [1.82, 2.24) is 4.90 Å². The third kappa shape index (κ3) is 3.05. The van der Waals surface area contributed by atoms with E-state index in [1.807, 2.05) is 7.11 Å². The first-order valence-electron chi connectivity index (χ1n) is 7.88. The van der Waals surface area contributed by atoms with Crippen LogP contribution in [0.5, 0.6) is 0 Å². The molecular formula is C17H26N2O. The highest BCUT2D eigenvalue weighted by Gasteiger charge is 2.27. The lowest BCUT2D eigenvalue weighted by atomic mass is 9.98. The maximum atomic E-state index is 6.05. The van der Waals surface area contributed by atoms with Crippen LogP contribution in [0, 0.1) is 0 Å². The van der Waals surface area contributed by atoms with Gasteiger partial charge >= 0.3 is 0 Å². The van der Waals surface area contributed by atoms with Gasteiger partial charge in [0, 0.05) is 26.2 Å². The largest absolute Gasteiger partial charge is 0.380 e. The zero-order chi connectivity index (χ0) is 13.9. The van der Waals surface area contributed by atoms with Crippen molar-refractivity contribution in [2.45, 2.75) is 43.7 Å². The summed E-state index contributed by atoms with van der Waals surface area (Å²) >= 11 is 0. The molecule has 2 N–H and O–H groups in total. The fourth-order valence-corrected chi connectivity index (χ4v) is 3.34. The number of methoxy groups -OCH3 is 1.